The number of rotatable bonds is 1. The minimum atomic E-state index is -0.461. The highest BCUT2D eigenvalue weighted by Gasteiger charge is 2.35. The molecule has 0 saturated heterocycles. The monoisotopic (exact) mass is 222 g/mol. The molecule has 1 atom stereocenters. The summed E-state index contributed by atoms with van der Waals surface area (Å²) < 4.78 is 18.5. The molecule has 3 heteroatoms. The molecule has 0 N–H and O–H groups in total. The van der Waals surface area contributed by atoms with Crippen molar-refractivity contribution in [3.63, 3.8) is 0 Å². The van der Waals surface area contributed by atoms with Crippen molar-refractivity contribution in [3.8, 4) is 5.75 Å². The Kier molecular flexibility index (Phi) is 2.49. The van der Waals surface area contributed by atoms with E-state index in [2.05, 4.69) is 0 Å². The summed E-state index contributed by atoms with van der Waals surface area (Å²) in [6.07, 6.45) is 0.0141. The van der Waals surface area contributed by atoms with E-state index in [1.165, 1.54) is 12.1 Å². The Morgan fingerprint density at radius 3 is 2.75 bits per heavy atom. The van der Waals surface area contributed by atoms with Crippen LogP contribution in [0, 0.1) is 11.2 Å². The van der Waals surface area contributed by atoms with E-state index >= 15 is 0 Å². The first-order valence-corrected chi connectivity index (χ1v) is 5.37. The molecule has 0 amide bonds. The third-order valence-corrected chi connectivity index (χ3v) is 2.73. The molecule has 2 nitrogen and oxygen atoms in total. The first-order chi connectivity index (χ1) is 7.38. The van der Waals surface area contributed by atoms with Crippen LogP contribution in [0.5, 0.6) is 5.75 Å². The van der Waals surface area contributed by atoms with Crippen LogP contribution in [0.1, 0.15) is 26.3 Å². The van der Waals surface area contributed by atoms with Crippen LogP contribution < -0.4 is 4.74 Å². The summed E-state index contributed by atoms with van der Waals surface area (Å²) in [4.78, 5) is 12.0. The lowest BCUT2D eigenvalue weighted by Gasteiger charge is -2.20. The molecule has 16 heavy (non-hydrogen) atoms. The van der Waals surface area contributed by atoms with Gasteiger partial charge >= 0.3 is 0 Å². The quantitative estimate of drug-likeness (QED) is 0.730. The summed E-state index contributed by atoms with van der Waals surface area (Å²) >= 11 is 0. The molecule has 1 heterocycles. The Bertz CT molecular complexity index is 432. The van der Waals surface area contributed by atoms with Crippen LogP contribution in [0.25, 0.3) is 0 Å². The van der Waals surface area contributed by atoms with Crippen LogP contribution in [0.4, 0.5) is 4.39 Å². The van der Waals surface area contributed by atoms with Gasteiger partial charge in [0.05, 0.1) is 0 Å². The number of ketones is 1. The van der Waals surface area contributed by atoms with Crippen molar-refractivity contribution in [2.24, 2.45) is 5.41 Å². The van der Waals surface area contributed by atoms with Gasteiger partial charge in [0, 0.05) is 17.4 Å². The molecule has 0 radical (unpaired) electrons. The van der Waals surface area contributed by atoms with Crippen molar-refractivity contribution in [2.45, 2.75) is 33.3 Å². The van der Waals surface area contributed by atoms with Gasteiger partial charge in [-0.2, -0.15) is 0 Å². The van der Waals surface area contributed by atoms with Gasteiger partial charge in [0.25, 0.3) is 0 Å². The lowest BCUT2D eigenvalue weighted by molar-refractivity contribution is -0.132. The minimum absolute atomic E-state index is 0.0594. The Morgan fingerprint density at radius 2 is 2.12 bits per heavy atom. The van der Waals surface area contributed by atoms with Crippen LogP contribution >= 0.6 is 0 Å². The number of ether oxygens (including phenoxy) is 1. The van der Waals surface area contributed by atoms with Crippen molar-refractivity contribution in [3.05, 3.63) is 29.6 Å². The number of halogens is 1. The number of benzene rings is 1. The second kappa shape index (κ2) is 3.58. The van der Waals surface area contributed by atoms with Gasteiger partial charge < -0.3 is 4.74 Å². The molecule has 1 aromatic carbocycles. The molecule has 1 aliphatic rings. The maximum absolute atomic E-state index is 13.0. The molecule has 1 unspecified atom stereocenters. The zero-order chi connectivity index (χ0) is 11.9. The second-order valence-electron chi connectivity index (χ2n) is 5.18. The van der Waals surface area contributed by atoms with E-state index < -0.39 is 11.5 Å². The average molecular weight is 222 g/mol. The van der Waals surface area contributed by atoms with Crippen molar-refractivity contribution in [1.29, 1.82) is 0 Å². The van der Waals surface area contributed by atoms with E-state index in [9.17, 15) is 9.18 Å². The fraction of sp³-hybridized carbons (Fsp3) is 0.462. The van der Waals surface area contributed by atoms with Gasteiger partial charge in [-0.1, -0.05) is 20.8 Å². The normalized spacial score (nSPS) is 19.1. The van der Waals surface area contributed by atoms with Gasteiger partial charge in [-0.3, -0.25) is 4.79 Å². The maximum atomic E-state index is 13.0. The van der Waals surface area contributed by atoms with E-state index in [0.717, 1.165) is 5.56 Å². The molecule has 0 aliphatic carbocycles. The molecule has 0 bridgehead atoms. The van der Waals surface area contributed by atoms with Gasteiger partial charge in [0.2, 0.25) is 0 Å². The van der Waals surface area contributed by atoms with E-state index in [0.29, 0.717) is 12.2 Å². The lowest BCUT2D eigenvalue weighted by Crippen LogP contribution is -2.35. The number of carbonyl (C=O) groups excluding carboxylic acids is 1. The van der Waals surface area contributed by atoms with Crippen LogP contribution in [0.15, 0.2) is 18.2 Å². The molecular formula is C13H15FO2. The van der Waals surface area contributed by atoms with Gasteiger partial charge in [0.1, 0.15) is 11.6 Å². The molecular weight excluding hydrogens is 207 g/mol. The Morgan fingerprint density at radius 1 is 1.44 bits per heavy atom. The third kappa shape index (κ3) is 1.94. The minimum Gasteiger partial charge on any atom is -0.482 e. The molecule has 86 valence electrons. The van der Waals surface area contributed by atoms with E-state index in [-0.39, 0.29) is 11.6 Å². The van der Waals surface area contributed by atoms with Crippen LogP contribution in [0.3, 0.4) is 0 Å². The Labute approximate surface area is 94.4 Å². The predicted molar refractivity (Wildman–Crippen MR) is 59.0 cm³/mol. The number of hydrogen-bond donors (Lipinski definition) is 0. The first kappa shape index (κ1) is 11.1. The molecule has 2 rings (SSSR count). The SMILES string of the molecule is CC(C)(C)C(=O)C1Cc2cc(F)ccc2O1. The van der Waals surface area contributed by atoms with Crippen molar-refractivity contribution < 1.29 is 13.9 Å². The third-order valence-electron chi connectivity index (χ3n) is 2.73. The highest BCUT2D eigenvalue weighted by molar-refractivity contribution is 5.89. The van der Waals surface area contributed by atoms with Crippen molar-refractivity contribution >= 4 is 5.78 Å². The smallest absolute Gasteiger partial charge is 0.178 e. The summed E-state index contributed by atoms with van der Waals surface area (Å²) in [5.41, 5.74) is 0.355. The van der Waals surface area contributed by atoms with Crippen LogP contribution in [-0.4, -0.2) is 11.9 Å². The number of hydrogen-bond acceptors (Lipinski definition) is 2. The van der Waals surface area contributed by atoms with E-state index in [4.69, 9.17) is 4.74 Å². The zero-order valence-electron chi connectivity index (χ0n) is 9.71. The number of fused-ring (bicyclic) bond motifs is 1. The topological polar surface area (TPSA) is 26.3 Å². The second-order valence-corrected chi connectivity index (χ2v) is 5.18. The Balaban J connectivity index is 2.20. The average Bonchev–Trinajstić information content (AvgIpc) is 2.57. The molecule has 0 saturated carbocycles. The number of Topliss-reactive ketones (excluding diaryl/α,β-unsaturated/α-hetero) is 1. The maximum Gasteiger partial charge on any atom is 0.178 e. The molecule has 1 aromatic rings. The van der Waals surface area contributed by atoms with E-state index in [1.807, 2.05) is 20.8 Å². The summed E-state index contributed by atoms with van der Waals surface area (Å²) in [5.74, 6) is 0.402. The summed E-state index contributed by atoms with van der Waals surface area (Å²) in [7, 11) is 0. The molecule has 1 aliphatic heterocycles. The fourth-order valence-corrected chi connectivity index (χ4v) is 1.85. The standard InChI is InChI=1S/C13H15FO2/c1-13(2,3)12(15)11-7-8-6-9(14)4-5-10(8)16-11/h4-6,11H,7H2,1-3H3. The first-order valence-electron chi connectivity index (χ1n) is 5.37. The summed E-state index contributed by atoms with van der Waals surface area (Å²) in [5, 5.41) is 0. The molecule has 0 aromatic heterocycles. The van der Waals surface area contributed by atoms with Gasteiger partial charge in [-0.15, -0.1) is 0 Å². The summed E-state index contributed by atoms with van der Waals surface area (Å²) in [6, 6.07) is 4.37. The van der Waals surface area contributed by atoms with E-state index in [1.54, 1.807) is 6.07 Å². The summed E-state index contributed by atoms with van der Waals surface area (Å²) in [6.45, 7) is 5.59. The largest absolute Gasteiger partial charge is 0.482 e. The van der Waals surface area contributed by atoms with Crippen molar-refractivity contribution in [2.75, 3.05) is 0 Å². The predicted octanol–water partition coefficient (Wildman–Crippen LogP) is 2.74. The highest BCUT2D eigenvalue weighted by Crippen LogP contribution is 2.32. The van der Waals surface area contributed by atoms with Gasteiger partial charge in [-0.05, 0) is 18.2 Å². The van der Waals surface area contributed by atoms with Crippen LogP contribution in [-0.2, 0) is 11.2 Å². The fourth-order valence-electron chi connectivity index (χ4n) is 1.85. The molecule has 0 fully saturated rings. The highest BCUT2D eigenvalue weighted by atomic mass is 19.1. The van der Waals surface area contributed by atoms with Crippen molar-refractivity contribution in [1.82, 2.24) is 0 Å². The zero-order valence-corrected chi connectivity index (χ0v) is 9.71. The Hall–Kier alpha value is -1.38. The molecule has 0 spiro atoms. The lowest BCUT2D eigenvalue weighted by atomic mass is 9.86. The van der Waals surface area contributed by atoms with Gasteiger partial charge in [0.15, 0.2) is 11.9 Å². The van der Waals surface area contributed by atoms with Crippen LogP contribution in [0.2, 0.25) is 0 Å². The number of carbonyl (C=O) groups is 1. The van der Waals surface area contributed by atoms with Gasteiger partial charge in [-0.25, -0.2) is 4.39 Å².